The Labute approximate surface area is 122 Å². The molecule has 6 nitrogen and oxygen atoms in total. The van der Waals surface area contributed by atoms with Gasteiger partial charge in [-0.05, 0) is 18.2 Å². The van der Waals surface area contributed by atoms with Gasteiger partial charge in [-0.25, -0.2) is 9.78 Å². The summed E-state index contributed by atoms with van der Waals surface area (Å²) in [5.41, 5.74) is 6.67. The molecule has 0 spiro atoms. The number of pyridine rings is 1. The Morgan fingerprint density at radius 2 is 2.10 bits per heavy atom. The number of nitrogens with two attached hydrogens (primary N) is 1. The van der Waals surface area contributed by atoms with Gasteiger partial charge in [-0.1, -0.05) is 18.2 Å². The van der Waals surface area contributed by atoms with Crippen LogP contribution in [-0.2, 0) is 0 Å². The lowest BCUT2D eigenvalue weighted by Crippen LogP contribution is -2.22. The van der Waals surface area contributed by atoms with E-state index >= 15 is 0 Å². The van der Waals surface area contributed by atoms with E-state index in [4.69, 9.17) is 11.0 Å². The van der Waals surface area contributed by atoms with E-state index in [0.717, 1.165) is 5.69 Å². The third-order valence-corrected chi connectivity index (χ3v) is 2.89. The standard InChI is InChI=1S/C15H14N4O2/c16-7-4-8-19(12-5-2-1-3-6-12)14-13(15(20)21)9-11(17)10-18-14/h1-3,5-6,9-10H,4,8,17H2,(H,20,21). The summed E-state index contributed by atoms with van der Waals surface area (Å²) in [6.07, 6.45) is 1.66. The number of nitrogen functional groups attached to an aromatic ring is 1. The van der Waals surface area contributed by atoms with Crippen LogP contribution >= 0.6 is 0 Å². The molecule has 21 heavy (non-hydrogen) atoms. The maximum atomic E-state index is 11.4. The van der Waals surface area contributed by atoms with Gasteiger partial charge in [0.05, 0.1) is 24.4 Å². The number of carbonyl (C=O) groups is 1. The molecule has 0 saturated heterocycles. The number of nitrogens with zero attached hydrogens (tertiary/aromatic N) is 3. The Hall–Kier alpha value is -3.07. The highest BCUT2D eigenvalue weighted by molar-refractivity contribution is 5.95. The lowest BCUT2D eigenvalue weighted by molar-refractivity contribution is 0.0697. The molecule has 0 aliphatic carbocycles. The number of para-hydroxylation sites is 1. The van der Waals surface area contributed by atoms with Crippen LogP contribution in [0.5, 0.6) is 0 Å². The molecule has 6 heteroatoms. The summed E-state index contributed by atoms with van der Waals surface area (Å²) in [5, 5.41) is 18.1. The molecule has 0 aliphatic rings. The summed E-state index contributed by atoms with van der Waals surface area (Å²) in [5.74, 6) is -0.833. The first-order valence-electron chi connectivity index (χ1n) is 6.32. The maximum absolute atomic E-state index is 11.4. The summed E-state index contributed by atoms with van der Waals surface area (Å²) in [7, 11) is 0. The van der Waals surface area contributed by atoms with Crippen LogP contribution in [0, 0.1) is 11.3 Å². The Balaban J connectivity index is 2.52. The normalized spacial score (nSPS) is 9.86. The molecule has 1 aromatic heterocycles. The highest BCUT2D eigenvalue weighted by Gasteiger charge is 2.19. The van der Waals surface area contributed by atoms with Crippen LogP contribution in [0.1, 0.15) is 16.8 Å². The van der Waals surface area contributed by atoms with Gasteiger partial charge < -0.3 is 15.7 Å². The molecular weight excluding hydrogens is 268 g/mol. The molecule has 2 rings (SSSR count). The van der Waals surface area contributed by atoms with Crippen molar-refractivity contribution in [1.82, 2.24) is 4.98 Å². The van der Waals surface area contributed by atoms with Gasteiger partial charge in [-0.15, -0.1) is 0 Å². The monoisotopic (exact) mass is 282 g/mol. The van der Waals surface area contributed by atoms with Crippen LogP contribution < -0.4 is 10.6 Å². The first-order valence-corrected chi connectivity index (χ1v) is 6.32. The van der Waals surface area contributed by atoms with Crippen molar-refractivity contribution in [3.05, 3.63) is 48.2 Å². The number of aromatic carboxylic acids is 1. The molecule has 2 aromatic rings. The van der Waals surface area contributed by atoms with E-state index in [0.29, 0.717) is 6.54 Å². The van der Waals surface area contributed by atoms with Crippen LogP contribution in [0.3, 0.4) is 0 Å². The lowest BCUT2D eigenvalue weighted by Gasteiger charge is -2.24. The molecule has 0 saturated carbocycles. The third-order valence-electron chi connectivity index (χ3n) is 2.89. The zero-order valence-electron chi connectivity index (χ0n) is 11.2. The first kappa shape index (κ1) is 14.3. The molecule has 0 aliphatic heterocycles. The smallest absolute Gasteiger partial charge is 0.339 e. The van der Waals surface area contributed by atoms with Crippen LogP contribution in [0.2, 0.25) is 0 Å². The van der Waals surface area contributed by atoms with Gasteiger partial charge in [-0.3, -0.25) is 0 Å². The molecule has 0 amide bonds. The summed E-state index contributed by atoms with van der Waals surface area (Å²) in [6.45, 7) is 0.345. The SMILES string of the molecule is N#CCCN(c1ccccc1)c1ncc(N)cc1C(=O)O. The van der Waals surface area contributed by atoms with Gasteiger partial charge in [0.25, 0.3) is 0 Å². The highest BCUT2D eigenvalue weighted by Crippen LogP contribution is 2.27. The van der Waals surface area contributed by atoms with Crippen molar-refractivity contribution in [3.63, 3.8) is 0 Å². The molecule has 0 bridgehead atoms. The van der Waals surface area contributed by atoms with Crippen molar-refractivity contribution >= 4 is 23.2 Å². The topological polar surface area (TPSA) is 103 Å². The van der Waals surface area contributed by atoms with Gasteiger partial charge in [-0.2, -0.15) is 5.26 Å². The number of benzene rings is 1. The Kier molecular flexibility index (Phi) is 4.36. The lowest BCUT2D eigenvalue weighted by atomic mass is 10.2. The average molecular weight is 282 g/mol. The van der Waals surface area contributed by atoms with E-state index in [1.54, 1.807) is 4.90 Å². The maximum Gasteiger partial charge on any atom is 0.339 e. The fourth-order valence-corrected chi connectivity index (χ4v) is 1.97. The minimum absolute atomic E-state index is 0.0109. The van der Waals surface area contributed by atoms with E-state index in [2.05, 4.69) is 11.1 Å². The molecule has 0 radical (unpaired) electrons. The summed E-state index contributed by atoms with van der Waals surface area (Å²) in [6, 6.07) is 12.6. The number of rotatable bonds is 5. The van der Waals surface area contributed by atoms with E-state index in [1.165, 1.54) is 12.3 Å². The second-order valence-corrected chi connectivity index (χ2v) is 4.34. The number of anilines is 3. The van der Waals surface area contributed by atoms with Crippen molar-refractivity contribution in [2.75, 3.05) is 17.2 Å². The second-order valence-electron chi connectivity index (χ2n) is 4.34. The molecule has 1 aromatic carbocycles. The van der Waals surface area contributed by atoms with E-state index in [9.17, 15) is 9.90 Å². The molecule has 0 unspecified atom stereocenters. The van der Waals surface area contributed by atoms with Crippen LogP contribution in [0.15, 0.2) is 42.6 Å². The highest BCUT2D eigenvalue weighted by atomic mass is 16.4. The average Bonchev–Trinajstić information content (AvgIpc) is 2.49. The summed E-state index contributed by atoms with van der Waals surface area (Å²) < 4.78 is 0. The number of hydrogen-bond acceptors (Lipinski definition) is 5. The van der Waals surface area contributed by atoms with Gasteiger partial charge in [0, 0.05) is 12.2 Å². The number of nitriles is 1. The van der Waals surface area contributed by atoms with Gasteiger partial charge in [0.2, 0.25) is 0 Å². The zero-order valence-corrected chi connectivity index (χ0v) is 11.2. The molecular formula is C15H14N4O2. The van der Waals surface area contributed by atoms with E-state index < -0.39 is 5.97 Å². The number of hydrogen-bond donors (Lipinski definition) is 2. The Morgan fingerprint density at radius 1 is 1.38 bits per heavy atom. The Morgan fingerprint density at radius 3 is 2.71 bits per heavy atom. The number of aromatic nitrogens is 1. The molecule has 0 atom stereocenters. The quantitative estimate of drug-likeness (QED) is 0.872. The van der Waals surface area contributed by atoms with Crippen LogP contribution in [0.4, 0.5) is 17.2 Å². The minimum atomic E-state index is -1.11. The van der Waals surface area contributed by atoms with Crippen molar-refractivity contribution in [2.45, 2.75) is 6.42 Å². The molecule has 1 heterocycles. The molecule has 3 N–H and O–H groups in total. The fraction of sp³-hybridized carbons (Fsp3) is 0.133. The van der Waals surface area contributed by atoms with Crippen molar-refractivity contribution in [1.29, 1.82) is 5.26 Å². The summed E-state index contributed by atoms with van der Waals surface area (Å²) in [4.78, 5) is 17.2. The second kappa shape index (κ2) is 6.39. The van der Waals surface area contributed by atoms with Crippen molar-refractivity contribution in [2.24, 2.45) is 0 Å². The van der Waals surface area contributed by atoms with Gasteiger partial charge in [0.1, 0.15) is 11.4 Å². The molecule has 0 fully saturated rings. The van der Waals surface area contributed by atoms with Crippen molar-refractivity contribution < 1.29 is 9.90 Å². The Bertz CT molecular complexity index is 680. The minimum Gasteiger partial charge on any atom is -0.478 e. The van der Waals surface area contributed by atoms with Gasteiger partial charge >= 0.3 is 5.97 Å². The van der Waals surface area contributed by atoms with Crippen molar-refractivity contribution in [3.8, 4) is 6.07 Å². The molecule has 106 valence electrons. The first-order chi connectivity index (χ1) is 10.1. The number of carboxylic acids is 1. The van der Waals surface area contributed by atoms with E-state index in [-0.39, 0.29) is 23.5 Å². The fourth-order valence-electron chi connectivity index (χ4n) is 1.97. The van der Waals surface area contributed by atoms with E-state index in [1.807, 2.05) is 30.3 Å². The number of carboxylic acid groups (broad SMARTS) is 1. The van der Waals surface area contributed by atoms with Crippen LogP contribution in [-0.4, -0.2) is 22.6 Å². The predicted octanol–water partition coefficient (Wildman–Crippen LogP) is 2.41. The third kappa shape index (κ3) is 3.28. The van der Waals surface area contributed by atoms with Crippen LogP contribution in [0.25, 0.3) is 0 Å². The van der Waals surface area contributed by atoms with Gasteiger partial charge in [0.15, 0.2) is 0 Å². The zero-order chi connectivity index (χ0) is 15.2. The predicted molar refractivity (Wildman–Crippen MR) is 79.3 cm³/mol. The summed E-state index contributed by atoms with van der Waals surface area (Å²) >= 11 is 0. The largest absolute Gasteiger partial charge is 0.478 e.